The second kappa shape index (κ2) is 7.19. The summed E-state index contributed by atoms with van der Waals surface area (Å²) in [6.07, 6.45) is 1.51. The maximum atomic E-state index is 5.58. The molecule has 0 aliphatic heterocycles. The summed E-state index contributed by atoms with van der Waals surface area (Å²) in [5.41, 5.74) is 3.70. The standard InChI is InChI=1S/C21H20N4O3/c1-13-5-7-14(8-6-13)16-11-20(28-24-16)25(2)21-15-9-18(26-3)19(27-4)10-17(15)22-12-23-21/h5-12H,1-4H3. The molecule has 0 amide bonds. The molecule has 2 aromatic carbocycles. The fourth-order valence-corrected chi connectivity index (χ4v) is 3.03. The van der Waals surface area contributed by atoms with Gasteiger partial charge in [-0.25, -0.2) is 9.97 Å². The van der Waals surface area contributed by atoms with Crippen LogP contribution in [0.4, 0.5) is 11.7 Å². The molecule has 142 valence electrons. The van der Waals surface area contributed by atoms with Crippen LogP contribution >= 0.6 is 0 Å². The molecule has 7 nitrogen and oxygen atoms in total. The molecule has 0 saturated heterocycles. The lowest BCUT2D eigenvalue weighted by molar-refractivity contribution is 0.356. The van der Waals surface area contributed by atoms with E-state index in [1.807, 2.05) is 54.4 Å². The van der Waals surface area contributed by atoms with E-state index in [4.69, 9.17) is 14.0 Å². The van der Waals surface area contributed by atoms with Crippen LogP contribution in [-0.4, -0.2) is 36.4 Å². The molecular weight excluding hydrogens is 356 g/mol. The van der Waals surface area contributed by atoms with Crippen molar-refractivity contribution in [2.45, 2.75) is 6.92 Å². The largest absolute Gasteiger partial charge is 0.493 e. The summed E-state index contributed by atoms with van der Waals surface area (Å²) in [5.74, 6) is 2.48. The van der Waals surface area contributed by atoms with Gasteiger partial charge in [-0.15, -0.1) is 0 Å². The lowest BCUT2D eigenvalue weighted by atomic mass is 10.1. The van der Waals surface area contributed by atoms with E-state index in [-0.39, 0.29) is 0 Å². The average Bonchev–Trinajstić information content (AvgIpc) is 3.22. The van der Waals surface area contributed by atoms with Crippen molar-refractivity contribution < 1.29 is 14.0 Å². The lowest BCUT2D eigenvalue weighted by Crippen LogP contribution is -2.11. The molecule has 4 rings (SSSR count). The summed E-state index contributed by atoms with van der Waals surface area (Å²) < 4.78 is 16.4. The van der Waals surface area contributed by atoms with Gasteiger partial charge < -0.3 is 14.0 Å². The molecule has 0 saturated carbocycles. The molecule has 2 heterocycles. The fourth-order valence-electron chi connectivity index (χ4n) is 3.03. The van der Waals surface area contributed by atoms with Gasteiger partial charge in [-0.3, -0.25) is 4.90 Å². The van der Waals surface area contributed by atoms with Crippen LogP contribution in [0.5, 0.6) is 11.5 Å². The number of hydrogen-bond donors (Lipinski definition) is 0. The lowest BCUT2D eigenvalue weighted by Gasteiger charge is -2.17. The third-order valence-electron chi connectivity index (χ3n) is 4.61. The first-order valence-electron chi connectivity index (χ1n) is 8.75. The number of ether oxygens (including phenoxy) is 2. The Morgan fingerprint density at radius 3 is 2.36 bits per heavy atom. The monoisotopic (exact) mass is 376 g/mol. The van der Waals surface area contributed by atoms with Crippen LogP contribution in [0.3, 0.4) is 0 Å². The van der Waals surface area contributed by atoms with Crippen LogP contribution in [0.25, 0.3) is 22.2 Å². The Hall–Kier alpha value is -3.61. The van der Waals surface area contributed by atoms with Crippen LogP contribution in [0, 0.1) is 6.92 Å². The molecule has 28 heavy (non-hydrogen) atoms. The van der Waals surface area contributed by atoms with E-state index in [0.29, 0.717) is 23.2 Å². The Morgan fingerprint density at radius 1 is 0.929 bits per heavy atom. The second-order valence-corrected chi connectivity index (χ2v) is 6.40. The van der Waals surface area contributed by atoms with E-state index >= 15 is 0 Å². The van der Waals surface area contributed by atoms with Gasteiger partial charge in [-0.1, -0.05) is 35.0 Å². The highest BCUT2D eigenvalue weighted by Gasteiger charge is 2.18. The van der Waals surface area contributed by atoms with E-state index in [0.717, 1.165) is 22.2 Å². The summed E-state index contributed by atoms with van der Waals surface area (Å²) in [6, 6.07) is 13.7. The predicted octanol–water partition coefficient (Wildman–Crippen LogP) is 4.38. The van der Waals surface area contributed by atoms with E-state index in [1.54, 1.807) is 14.2 Å². The number of anilines is 2. The minimum absolute atomic E-state index is 0.574. The molecule has 7 heteroatoms. The van der Waals surface area contributed by atoms with Crippen molar-refractivity contribution in [3.8, 4) is 22.8 Å². The highest BCUT2D eigenvalue weighted by Crippen LogP contribution is 2.36. The van der Waals surface area contributed by atoms with E-state index in [9.17, 15) is 0 Å². The summed E-state index contributed by atoms with van der Waals surface area (Å²) in [6.45, 7) is 2.05. The third-order valence-corrected chi connectivity index (χ3v) is 4.61. The van der Waals surface area contributed by atoms with Gasteiger partial charge in [-0.05, 0) is 13.0 Å². The van der Waals surface area contributed by atoms with Crippen LogP contribution < -0.4 is 14.4 Å². The van der Waals surface area contributed by atoms with Gasteiger partial charge in [0.05, 0.1) is 19.7 Å². The van der Waals surface area contributed by atoms with Gasteiger partial charge in [0.2, 0.25) is 5.88 Å². The Bertz CT molecular complexity index is 1120. The summed E-state index contributed by atoms with van der Waals surface area (Å²) in [4.78, 5) is 10.6. The zero-order valence-corrected chi connectivity index (χ0v) is 16.1. The van der Waals surface area contributed by atoms with Crippen molar-refractivity contribution in [3.63, 3.8) is 0 Å². The number of benzene rings is 2. The minimum atomic E-state index is 0.574. The molecule has 2 aromatic heterocycles. The number of methoxy groups -OCH3 is 2. The maximum Gasteiger partial charge on any atom is 0.233 e. The Morgan fingerprint density at radius 2 is 1.64 bits per heavy atom. The van der Waals surface area contributed by atoms with E-state index < -0.39 is 0 Å². The van der Waals surface area contributed by atoms with Crippen LogP contribution in [-0.2, 0) is 0 Å². The van der Waals surface area contributed by atoms with E-state index in [1.165, 1.54) is 11.9 Å². The second-order valence-electron chi connectivity index (χ2n) is 6.40. The van der Waals surface area contributed by atoms with Crippen molar-refractivity contribution >= 4 is 22.6 Å². The van der Waals surface area contributed by atoms with Gasteiger partial charge in [0.15, 0.2) is 11.5 Å². The molecule has 0 fully saturated rings. The third kappa shape index (κ3) is 3.11. The SMILES string of the molecule is COc1cc2ncnc(N(C)c3cc(-c4ccc(C)cc4)no3)c2cc1OC. The number of nitrogens with zero attached hydrogens (tertiary/aromatic N) is 4. The van der Waals surface area contributed by atoms with Gasteiger partial charge in [0.1, 0.15) is 17.8 Å². The molecule has 0 radical (unpaired) electrons. The Labute approximate surface area is 162 Å². The summed E-state index contributed by atoms with van der Waals surface area (Å²) >= 11 is 0. The quantitative estimate of drug-likeness (QED) is 0.512. The minimum Gasteiger partial charge on any atom is -0.493 e. The van der Waals surface area contributed by atoms with Crippen molar-refractivity contribution in [2.75, 3.05) is 26.2 Å². The molecule has 0 aliphatic carbocycles. The fraction of sp³-hybridized carbons (Fsp3) is 0.190. The number of rotatable bonds is 5. The van der Waals surface area contributed by atoms with Crippen LogP contribution in [0.1, 0.15) is 5.56 Å². The van der Waals surface area contributed by atoms with Gasteiger partial charge in [0, 0.05) is 30.1 Å². The zero-order valence-electron chi connectivity index (χ0n) is 16.1. The zero-order chi connectivity index (χ0) is 19.7. The molecule has 4 aromatic rings. The van der Waals surface area contributed by atoms with Gasteiger partial charge in [-0.2, -0.15) is 0 Å². The van der Waals surface area contributed by atoms with Crippen molar-refractivity contribution in [2.24, 2.45) is 0 Å². The van der Waals surface area contributed by atoms with Gasteiger partial charge >= 0.3 is 0 Å². The molecule has 0 atom stereocenters. The number of hydrogen-bond acceptors (Lipinski definition) is 7. The Kier molecular flexibility index (Phi) is 4.57. The maximum absolute atomic E-state index is 5.58. The smallest absolute Gasteiger partial charge is 0.233 e. The summed E-state index contributed by atoms with van der Waals surface area (Å²) in [5, 5.41) is 5.01. The first-order valence-corrected chi connectivity index (χ1v) is 8.75. The van der Waals surface area contributed by atoms with E-state index in [2.05, 4.69) is 22.0 Å². The van der Waals surface area contributed by atoms with Crippen LogP contribution in [0.2, 0.25) is 0 Å². The predicted molar refractivity (Wildman–Crippen MR) is 107 cm³/mol. The molecular formula is C21H20N4O3. The molecule has 0 N–H and O–H groups in total. The number of fused-ring (bicyclic) bond motifs is 1. The topological polar surface area (TPSA) is 73.5 Å². The van der Waals surface area contributed by atoms with Crippen molar-refractivity contribution in [3.05, 3.63) is 54.4 Å². The molecule has 0 unspecified atom stereocenters. The average molecular weight is 376 g/mol. The van der Waals surface area contributed by atoms with Gasteiger partial charge in [0.25, 0.3) is 0 Å². The first kappa shape index (κ1) is 17.8. The first-order chi connectivity index (χ1) is 13.6. The highest BCUT2D eigenvalue weighted by molar-refractivity contribution is 5.93. The molecule has 0 spiro atoms. The van der Waals surface area contributed by atoms with Crippen molar-refractivity contribution in [1.82, 2.24) is 15.1 Å². The molecule has 0 bridgehead atoms. The normalized spacial score (nSPS) is 10.9. The highest BCUT2D eigenvalue weighted by atomic mass is 16.5. The number of aryl methyl sites for hydroxylation is 1. The molecule has 0 aliphatic rings. The van der Waals surface area contributed by atoms with Crippen LogP contribution in [0.15, 0.2) is 53.3 Å². The van der Waals surface area contributed by atoms with Crippen molar-refractivity contribution in [1.29, 1.82) is 0 Å². The Balaban J connectivity index is 1.75. The number of aromatic nitrogens is 3. The summed E-state index contributed by atoms with van der Waals surface area (Å²) in [7, 11) is 5.07.